The van der Waals surface area contributed by atoms with Gasteiger partial charge in [0.2, 0.25) is 0 Å². The highest BCUT2D eigenvalue weighted by Crippen LogP contribution is 2.45. The standard InChI is InChI=1S/C31H25ClF6N2O2/c1-20-24(14-9-15-25(20)30(33,34)35)28(18-21-10-5-3-6-11-21,26-17-16-23(32)19-39-26)40-27(41)29(42-2,31(36,37)38)22-12-7-4-8-13-22/h3-17,19H,18H2,1-2H3,(H,40,41)/t28-,29+/m1/s1. The van der Waals surface area contributed by atoms with Crippen molar-refractivity contribution >= 4 is 17.5 Å². The monoisotopic (exact) mass is 606 g/mol. The summed E-state index contributed by atoms with van der Waals surface area (Å²) in [4.78, 5) is 18.4. The lowest BCUT2D eigenvalue weighted by atomic mass is 9.76. The van der Waals surface area contributed by atoms with Gasteiger partial charge in [-0.15, -0.1) is 0 Å². The van der Waals surface area contributed by atoms with Gasteiger partial charge in [0.25, 0.3) is 11.5 Å². The molecule has 0 saturated carbocycles. The molecule has 0 spiro atoms. The van der Waals surface area contributed by atoms with Crippen molar-refractivity contribution in [3.05, 3.63) is 136 Å². The minimum Gasteiger partial charge on any atom is -0.356 e. The smallest absolute Gasteiger partial charge is 0.356 e. The van der Waals surface area contributed by atoms with E-state index in [4.69, 9.17) is 16.3 Å². The van der Waals surface area contributed by atoms with Crippen molar-refractivity contribution in [2.75, 3.05) is 7.11 Å². The third-order valence-corrected chi connectivity index (χ3v) is 7.33. The van der Waals surface area contributed by atoms with E-state index in [1.54, 1.807) is 30.3 Å². The van der Waals surface area contributed by atoms with E-state index in [0.717, 1.165) is 31.4 Å². The van der Waals surface area contributed by atoms with Gasteiger partial charge < -0.3 is 10.1 Å². The fraction of sp³-hybridized carbons (Fsp3) is 0.226. The zero-order valence-corrected chi connectivity index (χ0v) is 23.1. The molecule has 0 radical (unpaired) electrons. The Morgan fingerprint density at radius 2 is 1.43 bits per heavy atom. The molecule has 2 atom stereocenters. The average molecular weight is 607 g/mol. The highest BCUT2D eigenvalue weighted by atomic mass is 35.5. The van der Waals surface area contributed by atoms with E-state index in [1.807, 2.05) is 0 Å². The average Bonchev–Trinajstić information content (AvgIpc) is 2.93. The Bertz CT molecular complexity index is 1530. The molecule has 220 valence electrons. The third-order valence-electron chi connectivity index (χ3n) is 7.11. The maximum absolute atomic E-state index is 14.9. The predicted octanol–water partition coefficient (Wildman–Crippen LogP) is 7.77. The van der Waals surface area contributed by atoms with Crippen molar-refractivity contribution in [1.82, 2.24) is 10.3 Å². The quantitative estimate of drug-likeness (QED) is 0.209. The van der Waals surface area contributed by atoms with E-state index in [2.05, 4.69) is 10.3 Å². The summed E-state index contributed by atoms with van der Waals surface area (Å²) in [5.74, 6) is -1.65. The Kier molecular flexibility index (Phi) is 8.71. The fourth-order valence-corrected chi connectivity index (χ4v) is 5.25. The van der Waals surface area contributed by atoms with Crippen LogP contribution in [-0.4, -0.2) is 24.2 Å². The number of amides is 1. The van der Waals surface area contributed by atoms with E-state index in [1.165, 1.54) is 49.5 Å². The second-order valence-electron chi connectivity index (χ2n) is 9.61. The Morgan fingerprint density at radius 1 is 0.833 bits per heavy atom. The Labute approximate surface area is 243 Å². The minimum absolute atomic E-state index is 0.0354. The highest BCUT2D eigenvalue weighted by Gasteiger charge is 2.64. The molecule has 0 bridgehead atoms. The number of methoxy groups -OCH3 is 1. The van der Waals surface area contributed by atoms with E-state index < -0.39 is 40.5 Å². The number of pyridine rings is 1. The molecule has 3 aromatic carbocycles. The van der Waals surface area contributed by atoms with Gasteiger partial charge >= 0.3 is 12.4 Å². The number of carbonyl (C=O) groups excluding carboxylic acids is 1. The second-order valence-corrected chi connectivity index (χ2v) is 10.0. The molecular weight excluding hydrogens is 582 g/mol. The van der Waals surface area contributed by atoms with Gasteiger partial charge in [-0.3, -0.25) is 9.78 Å². The van der Waals surface area contributed by atoms with Crippen LogP contribution in [0.25, 0.3) is 0 Å². The number of hydrogen-bond donors (Lipinski definition) is 1. The van der Waals surface area contributed by atoms with Gasteiger partial charge in [0.1, 0.15) is 5.54 Å². The van der Waals surface area contributed by atoms with Crippen LogP contribution >= 0.6 is 11.6 Å². The van der Waals surface area contributed by atoms with Crippen LogP contribution in [0.1, 0.15) is 33.5 Å². The van der Waals surface area contributed by atoms with Crippen LogP contribution in [0.4, 0.5) is 26.3 Å². The molecular formula is C31H25ClF6N2O2. The van der Waals surface area contributed by atoms with Crippen LogP contribution in [0.2, 0.25) is 5.02 Å². The Morgan fingerprint density at radius 3 is 1.95 bits per heavy atom. The zero-order chi connectivity index (χ0) is 30.8. The van der Waals surface area contributed by atoms with E-state index in [-0.39, 0.29) is 28.3 Å². The first-order chi connectivity index (χ1) is 19.8. The van der Waals surface area contributed by atoms with Crippen LogP contribution in [0, 0.1) is 6.92 Å². The molecule has 0 unspecified atom stereocenters. The number of benzene rings is 3. The van der Waals surface area contributed by atoms with Crippen molar-refractivity contribution in [2.24, 2.45) is 0 Å². The maximum Gasteiger partial charge on any atom is 0.430 e. The largest absolute Gasteiger partial charge is 0.430 e. The van der Waals surface area contributed by atoms with E-state index >= 15 is 0 Å². The van der Waals surface area contributed by atoms with Crippen molar-refractivity contribution in [2.45, 2.75) is 36.8 Å². The Balaban J connectivity index is 2.07. The molecule has 0 aliphatic carbocycles. The number of alkyl halides is 6. The Hall–Kier alpha value is -3.89. The van der Waals surface area contributed by atoms with Crippen molar-refractivity contribution < 1.29 is 35.9 Å². The first-order valence-electron chi connectivity index (χ1n) is 12.6. The van der Waals surface area contributed by atoms with Crippen LogP contribution in [0.3, 0.4) is 0 Å². The molecule has 0 saturated heterocycles. The molecule has 1 heterocycles. The number of hydrogen-bond acceptors (Lipinski definition) is 3. The van der Waals surface area contributed by atoms with Gasteiger partial charge in [0, 0.05) is 25.3 Å². The summed E-state index contributed by atoms with van der Waals surface area (Å²) in [7, 11) is 0.745. The minimum atomic E-state index is -5.28. The SMILES string of the molecule is CO[C@](C(=O)N[C@@](Cc1ccccc1)(c1ccc(Cl)cn1)c1cccc(C(F)(F)F)c1C)(c1ccccc1)C(F)(F)F. The van der Waals surface area contributed by atoms with E-state index in [0.29, 0.717) is 5.56 Å². The van der Waals surface area contributed by atoms with Crippen molar-refractivity contribution in [3.8, 4) is 0 Å². The highest BCUT2D eigenvalue weighted by molar-refractivity contribution is 6.30. The molecule has 0 fully saturated rings. The fourth-order valence-electron chi connectivity index (χ4n) is 5.14. The third kappa shape index (κ3) is 5.73. The van der Waals surface area contributed by atoms with Gasteiger partial charge in [0.15, 0.2) is 0 Å². The summed E-state index contributed by atoms with van der Waals surface area (Å²) in [6, 6.07) is 20.7. The first kappa shape index (κ1) is 31.1. The van der Waals surface area contributed by atoms with Gasteiger partial charge in [-0.2, -0.15) is 26.3 Å². The molecule has 42 heavy (non-hydrogen) atoms. The lowest BCUT2D eigenvalue weighted by molar-refractivity contribution is -0.266. The van der Waals surface area contributed by atoms with Gasteiger partial charge in [-0.25, -0.2) is 0 Å². The van der Waals surface area contributed by atoms with Gasteiger partial charge in [-0.1, -0.05) is 84.4 Å². The number of aromatic nitrogens is 1. The van der Waals surface area contributed by atoms with Crippen LogP contribution in [-0.2, 0) is 33.3 Å². The van der Waals surface area contributed by atoms with Crippen molar-refractivity contribution in [1.29, 1.82) is 0 Å². The molecule has 1 aromatic heterocycles. The molecule has 1 amide bonds. The molecule has 4 aromatic rings. The normalized spacial score (nSPS) is 15.0. The van der Waals surface area contributed by atoms with E-state index in [9.17, 15) is 31.1 Å². The van der Waals surface area contributed by atoms with Gasteiger partial charge in [0.05, 0.1) is 16.3 Å². The molecule has 0 aliphatic rings. The number of nitrogens with one attached hydrogen (secondary N) is 1. The molecule has 11 heteroatoms. The summed E-state index contributed by atoms with van der Waals surface area (Å²) in [5, 5.41) is 2.66. The number of halogens is 7. The van der Waals surface area contributed by atoms with Crippen molar-refractivity contribution in [3.63, 3.8) is 0 Å². The topological polar surface area (TPSA) is 51.2 Å². The lowest BCUT2D eigenvalue weighted by Crippen LogP contribution is -2.61. The number of carbonyl (C=O) groups is 1. The first-order valence-corrected chi connectivity index (χ1v) is 13.0. The maximum atomic E-state index is 14.9. The van der Waals surface area contributed by atoms with Crippen LogP contribution in [0.15, 0.2) is 97.2 Å². The number of rotatable bonds is 8. The molecule has 4 nitrogen and oxygen atoms in total. The summed E-state index contributed by atoms with van der Waals surface area (Å²) in [6.45, 7) is 1.20. The lowest BCUT2D eigenvalue weighted by Gasteiger charge is -2.41. The number of nitrogens with zero attached hydrogens (tertiary/aromatic N) is 1. The summed E-state index contributed by atoms with van der Waals surface area (Å²) < 4.78 is 92.0. The second kappa shape index (κ2) is 11.8. The molecule has 4 rings (SSSR count). The van der Waals surface area contributed by atoms with Gasteiger partial charge in [-0.05, 0) is 41.8 Å². The number of ether oxygens (including phenoxy) is 1. The van der Waals surface area contributed by atoms with Crippen LogP contribution in [0.5, 0.6) is 0 Å². The summed E-state index contributed by atoms with van der Waals surface area (Å²) >= 11 is 6.06. The zero-order valence-electron chi connectivity index (χ0n) is 22.4. The predicted molar refractivity (Wildman–Crippen MR) is 146 cm³/mol. The molecule has 1 N–H and O–H groups in total. The molecule has 0 aliphatic heterocycles. The summed E-state index contributed by atoms with van der Waals surface area (Å²) in [5.41, 5.74) is -7.03. The summed E-state index contributed by atoms with van der Waals surface area (Å²) in [6.07, 6.45) is -9.12. The van der Waals surface area contributed by atoms with Crippen LogP contribution < -0.4 is 5.32 Å².